The van der Waals surface area contributed by atoms with E-state index in [9.17, 15) is 19.2 Å². The van der Waals surface area contributed by atoms with Crippen molar-refractivity contribution in [2.75, 3.05) is 4.90 Å². The van der Waals surface area contributed by atoms with Gasteiger partial charge < -0.3 is 8.83 Å². The van der Waals surface area contributed by atoms with Crippen LogP contribution in [0.2, 0.25) is 10.0 Å². The fourth-order valence-electron chi connectivity index (χ4n) is 3.83. The number of anilines is 1. The van der Waals surface area contributed by atoms with Crippen LogP contribution in [0.1, 0.15) is 0 Å². The van der Waals surface area contributed by atoms with Crippen molar-refractivity contribution in [3.8, 4) is 0 Å². The van der Waals surface area contributed by atoms with Gasteiger partial charge in [0.05, 0.1) is 26.8 Å². The van der Waals surface area contributed by atoms with Gasteiger partial charge in [-0.25, -0.2) is 14.5 Å². The lowest BCUT2D eigenvalue weighted by atomic mass is 10.2. The van der Waals surface area contributed by atoms with Gasteiger partial charge in [-0.2, -0.15) is 0 Å². The normalized spacial score (nSPS) is 11.3. The highest BCUT2D eigenvalue weighted by Crippen LogP contribution is 2.34. The molecule has 0 bridgehead atoms. The minimum atomic E-state index is -0.806. The Bertz CT molecular complexity index is 1610. The van der Waals surface area contributed by atoms with Gasteiger partial charge in [0.15, 0.2) is 11.2 Å². The van der Waals surface area contributed by atoms with Crippen LogP contribution in [-0.4, -0.2) is 20.9 Å². The number of hydrogen-bond donors (Lipinski definition) is 0. The van der Waals surface area contributed by atoms with Gasteiger partial charge >= 0.3 is 11.5 Å². The molecule has 0 saturated heterocycles. The maximum absolute atomic E-state index is 13.5. The second kappa shape index (κ2) is 8.94. The number of carbonyl (C=O) groups excluding carboxylic acids is 2. The van der Waals surface area contributed by atoms with Crippen LogP contribution in [0.4, 0.5) is 5.69 Å². The summed E-state index contributed by atoms with van der Waals surface area (Å²) in [7, 11) is 0. The second-order valence-electron chi connectivity index (χ2n) is 7.54. The first kappa shape index (κ1) is 22.7. The number of rotatable bonds is 5. The zero-order chi connectivity index (χ0) is 24.7. The summed E-state index contributed by atoms with van der Waals surface area (Å²) in [6.07, 6.45) is 0. The fourth-order valence-corrected chi connectivity index (χ4v) is 4.40. The molecule has 9 nitrogen and oxygen atoms in total. The molecule has 2 heterocycles. The Morgan fingerprint density at radius 2 is 1.11 bits per heavy atom. The van der Waals surface area contributed by atoms with Crippen molar-refractivity contribution in [1.29, 1.82) is 0 Å². The van der Waals surface area contributed by atoms with Crippen LogP contribution in [-0.2, 0) is 22.7 Å². The zero-order valence-electron chi connectivity index (χ0n) is 17.8. The van der Waals surface area contributed by atoms with Crippen molar-refractivity contribution < 1.29 is 18.4 Å². The minimum Gasteiger partial charge on any atom is -0.408 e. The summed E-state index contributed by atoms with van der Waals surface area (Å²) < 4.78 is 12.6. The van der Waals surface area contributed by atoms with E-state index in [2.05, 4.69) is 0 Å². The Morgan fingerprint density at radius 1 is 0.686 bits per heavy atom. The molecule has 0 aliphatic carbocycles. The number of nitrogens with zero attached hydrogens (tertiary/aromatic N) is 3. The third-order valence-electron chi connectivity index (χ3n) is 5.39. The molecular weight excluding hydrogens is 497 g/mol. The topological polar surface area (TPSA) is 108 Å². The standard InChI is InChI=1S/C24H15Cl2N3O6/c25-14-6-5-7-15(26)22(14)29(20(30)12-27-16-8-1-3-10-18(16)34-23(27)32)21(31)13-28-17-9-2-4-11-19(17)35-24(28)33/h1-11H,12-13H2. The van der Waals surface area contributed by atoms with Crippen molar-refractivity contribution in [2.45, 2.75) is 13.1 Å². The van der Waals surface area contributed by atoms with Crippen molar-refractivity contribution in [3.05, 3.63) is 97.9 Å². The Kier molecular flexibility index (Phi) is 5.80. The van der Waals surface area contributed by atoms with Crippen molar-refractivity contribution in [1.82, 2.24) is 9.13 Å². The van der Waals surface area contributed by atoms with E-state index in [1.54, 1.807) is 54.6 Å². The minimum absolute atomic E-state index is 0.0352. The monoisotopic (exact) mass is 511 g/mol. The van der Waals surface area contributed by atoms with Crippen LogP contribution < -0.4 is 16.4 Å². The van der Waals surface area contributed by atoms with Crippen LogP contribution in [0.3, 0.4) is 0 Å². The van der Waals surface area contributed by atoms with Gasteiger partial charge in [0.1, 0.15) is 13.1 Å². The highest BCUT2D eigenvalue weighted by Gasteiger charge is 2.30. The molecule has 0 saturated carbocycles. The third kappa shape index (κ3) is 4.05. The van der Waals surface area contributed by atoms with Crippen molar-refractivity contribution in [2.24, 2.45) is 0 Å². The molecular formula is C24H15Cl2N3O6. The predicted octanol–water partition coefficient (Wildman–Crippen LogP) is 4.07. The average molecular weight is 512 g/mol. The molecule has 0 fully saturated rings. The van der Waals surface area contributed by atoms with Crippen LogP contribution in [0.5, 0.6) is 0 Å². The number of para-hydroxylation sites is 5. The molecule has 3 aromatic carbocycles. The number of halogens is 2. The molecule has 0 aliphatic rings. The molecule has 11 heteroatoms. The quantitative estimate of drug-likeness (QED) is 0.352. The van der Waals surface area contributed by atoms with Crippen molar-refractivity contribution >= 4 is 62.9 Å². The summed E-state index contributed by atoms with van der Waals surface area (Å²) in [5, 5.41) is 0.0704. The predicted molar refractivity (Wildman–Crippen MR) is 130 cm³/mol. The van der Waals surface area contributed by atoms with E-state index in [0.717, 1.165) is 14.0 Å². The lowest BCUT2D eigenvalue weighted by Gasteiger charge is -2.23. The molecule has 5 rings (SSSR count). The Hall–Kier alpha value is -4.08. The SMILES string of the molecule is O=C(Cn1c(=O)oc2ccccc21)N(C(=O)Cn1c(=O)oc2ccccc21)c1c(Cl)cccc1Cl. The van der Waals surface area contributed by atoms with E-state index in [4.69, 9.17) is 32.0 Å². The molecule has 0 unspecified atom stereocenters. The molecule has 35 heavy (non-hydrogen) atoms. The van der Waals surface area contributed by atoms with E-state index in [1.165, 1.54) is 12.1 Å². The van der Waals surface area contributed by atoms with E-state index in [-0.39, 0.29) is 26.9 Å². The molecule has 0 atom stereocenters. The highest BCUT2D eigenvalue weighted by atomic mass is 35.5. The number of imide groups is 1. The zero-order valence-corrected chi connectivity index (χ0v) is 19.3. The van der Waals surface area contributed by atoms with E-state index in [1.807, 2.05) is 0 Å². The van der Waals surface area contributed by atoms with Crippen LogP contribution >= 0.6 is 23.2 Å². The Balaban J connectivity index is 1.58. The number of amides is 2. The molecule has 0 aliphatic heterocycles. The Morgan fingerprint density at radius 3 is 1.57 bits per heavy atom. The van der Waals surface area contributed by atoms with Crippen LogP contribution in [0.15, 0.2) is 85.2 Å². The van der Waals surface area contributed by atoms with Gasteiger partial charge in [0.25, 0.3) is 11.8 Å². The fraction of sp³-hybridized carbons (Fsp3) is 0.0833. The lowest BCUT2D eigenvalue weighted by Crippen LogP contribution is -2.43. The number of hydrogen-bond acceptors (Lipinski definition) is 6. The molecule has 0 N–H and O–H groups in total. The first-order chi connectivity index (χ1) is 16.8. The van der Waals surface area contributed by atoms with Gasteiger partial charge in [0.2, 0.25) is 0 Å². The first-order valence-corrected chi connectivity index (χ1v) is 11.1. The van der Waals surface area contributed by atoms with E-state index >= 15 is 0 Å². The average Bonchev–Trinajstić information content (AvgIpc) is 3.32. The van der Waals surface area contributed by atoms with Crippen LogP contribution in [0.25, 0.3) is 22.2 Å². The van der Waals surface area contributed by atoms with Crippen molar-refractivity contribution in [3.63, 3.8) is 0 Å². The Labute approximate surface area is 206 Å². The summed E-state index contributed by atoms with van der Waals surface area (Å²) in [5.41, 5.74) is 1.26. The molecule has 5 aromatic rings. The smallest absolute Gasteiger partial charge is 0.408 e. The maximum Gasteiger partial charge on any atom is 0.420 e. The van der Waals surface area contributed by atoms with Crippen LogP contribution in [0, 0.1) is 0 Å². The molecule has 176 valence electrons. The summed E-state index contributed by atoms with van der Waals surface area (Å²) in [5.74, 6) is -3.15. The summed E-state index contributed by atoms with van der Waals surface area (Å²) >= 11 is 12.6. The largest absolute Gasteiger partial charge is 0.420 e. The number of fused-ring (bicyclic) bond motifs is 2. The summed E-state index contributed by atoms with van der Waals surface area (Å²) in [6.45, 7) is -1.08. The van der Waals surface area contributed by atoms with E-state index in [0.29, 0.717) is 11.0 Å². The van der Waals surface area contributed by atoms with Gasteiger partial charge in [-0.3, -0.25) is 18.7 Å². The summed E-state index contributed by atoms with van der Waals surface area (Å²) in [6, 6.07) is 17.6. The molecule has 0 spiro atoms. The van der Waals surface area contributed by atoms with E-state index < -0.39 is 36.4 Å². The van der Waals surface area contributed by atoms with Gasteiger partial charge in [-0.1, -0.05) is 53.5 Å². The van der Waals surface area contributed by atoms with Gasteiger partial charge in [0, 0.05) is 0 Å². The number of benzene rings is 3. The molecule has 0 radical (unpaired) electrons. The highest BCUT2D eigenvalue weighted by molar-refractivity contribution is 6.41. The van der Waals surface area contributed by atoms with Gasteiger partial charge in [-0.15, -0.1) is 0 Å². The number of aromatic nitrogens is 2. The lowest BCUT2D eigenvalue weighted by molar-refractivity contribution is -0.127. The maximum atomic E-state index is 13.5. The van der Waals surface area contributed by atoms with Gasteiger partial charge in [-0.05, 0) is 36.4 Å². The third-order valence-corrected chi connectivity index (χ3v) is 6.00. The molecule has 2 aromatic heterocycles. The second-order valence-corrected chi connectivity index (χ2v) is 8.35. The first-order valence-electron chi connectivity index (χ1n) is 10.3. The number of oxazole rings is 2. The molecule has 2 amide bonds. The number of carbonyl (C=O) groups is 2. The summed E-state index contributed by atoms with van der Waals surface area (Å²) in [4.78, 5) is 52.6.